The maximum Gasteiger partial charge on any atom is 0.303 e. The number of carboxylic acids is 1. The van der Waals surface area contributed by atoms with Crippen LogP contribution in [0, 0.1) is 11.8 Å². The minimum Gasteiger partial charge on any atom is -0.481 e. The van der Waals surface area contributed by atoms with Gasteiger partial charge in [-0.1, -0.05) is 56.9 Å². The molecule has 0 radical (unpaired) electrons. The lowest BCUT2D eigenvalue weighted by Gasteiger charge is -2.15. The molecule has 0 spiro atoms. The van der Waals surface area contributed by atoms with Crippen LogP contribution in [0.5, 0.6) is 0 Å². The summed E-state index contributed by atoms with van der Waals surface area (Å²) in [7, 11) is 0. The first-order chi connectivity index (χ1) is 9.74. The fourth-order valence-corrected chi connectivity index (χ4v) is 2.88. The molecule has 2 unspecified atom stereocenters. The average Bonchev–Trinajstić information content (AvgIpc) is 2.86. The average molecular weight is 278 g/mol. The molecule has 0 saturated heterocycles. The molecule has 0 aliphatic heterocycles. The van der Waals surface area contributed by atoms with E-state index in [2.05, 4.69) is 31.2 Å². The van der Waals surface area contributed by atoms with E-state index >= 15 is 0 Å². The van der Waals surface area contributed by atoms with Gasteiger partial charge >= 0.3 is 5.97 Å². The van der Waals surface area contributed by atoms with Gasteiger partial charge in [-0.15, -0.1) is 0 Å². The summed E-state index contributed by atoms with van der Waals surface area (Å²) in [5.41, 5.74) is 0. The largest absolute Gasteiger partial charge is 0.481 e. The lowest BCUT2D eigenvalue weighted by Crippen LogP contribution is -2.05. The zero-order valence-corrected chi connectivity index (χ0v) is 12.9. The van der Waals surface area contributed by atoms with E-state index in [1.165, 1.54) is 38.5 Å². The highest BCUT2D eigenvalue weighted by atomic mass is 16.4. The van der Waals surface area contributed by atoms with Crippen molar-refractivity contribution >= 4 is 5.97 Å². The highest BCUT2D eigenvalue weighted by Gasteiger charge is 2.19. The Morgan fingerprint density at radius 3 is 2.85 bits per heavy atom. The molecule has 0 aromatic carbocycles. The third kappa shape index (κ3) is 7.52. The van der Waals surface area contributed by atoms with Crippen LogP contribution >= 0.6 is 0 Å². The highest BCUT2D eigenvalue weighted by Crippen LogP contribution is 2.31. The maximum atomic E-state index is 10.4. The second-order valence-electron chi connectivity index (χ2n) is 5.92. The second kappa shape index (κ2) is 10.7. The molecule has 2 nitrogen and oxygen atoms in total. The predicted octanol–water partition coefficient (Wildman–Crippen LogP) is 5.35. The van der Waals surface area contributed by atoms with Gasteiger partial charge in [-0.05, 0) is 43.9 Å². The Morgan fingerprint density at radius 2 is 2.10 bits per heavy atom. The smallest absolute Gasteiger partial charge is 0.303 e. The summed E-state index contributed by atoms with van der Waals surface area (Å²) in [6.07, 6.45) is 20.4. The van der Waals surface area contributed by atoms with Crippen molar-refractivity contribution in [2.45, 2.75) is 71.1 Å². The highest BCUT2D eigenvalue weighted by molar-refractivity contribution is 5.66. The molecular weight excluding hydrogens is 248 g/mol. The van der Waals surface area contributed by atoms with E-state index in [1.54, 1.807) is 0 Å². The topological polar surface area (TPSA) is 37.3 Å². The molecule has 1 N–H and O–H groups in total. The molecule has 1 rings (SSSR count). The molecule has 2 heteroatoms. The molecule has 20 heavy (non-hydrogen) atoms. The molecule has 1 aliphatic carbocycles. The van der Waals surface area contributed by atoms with Crippen molar-refractivity contribution in [3.63, 3.8) is 0 Å². The van der Waals surface area contributed by atoms with Gasteiger partial charge in [0.2, 0.25) is 0 Å². The van der Waals surface area contributed by atoms with Crippen molar-refractivity contribution in [2.24, 2.45) is 11.8 Å². The first-order valence-corrected chi connectivity index (χ1v) is 8.29. The summed E-state index contributed by atoms with van der Waals surface area (Å²) in [6, 6.07) is 0. The first kappa shape index (κ1) is 17.0. The molecule has 0 bridgehead atoms. The van der Waals surface area contributed by atoms with Gasteiger partial charge in [0, 0.05) is 6.42 Å². The lowest BCUT2D eigenvalue weighted by molar-refractivity contribution is -0.137. The zero-order chi connectivity index (χ0) is 14.6. The zero-order valence-electron chi connectivity index (χ0n) is 12.9. The number of carboxylic acid groups (broad SMARTS) is 1. The van der Waals surface area contributed by atoms with E-state index < -0.39 is 5.97 Å². The van der Waals surface area contributed by atoms with Gasteiger partial charge in [0.15, 0.2) is 0 Å². The van der Waals surface area contributed by atoms with Crippen LogP contribution in [0.2, 0.25) is 0 Å². The fraction of sp³-hybridized carbons (Fsp3) is 0.722. The van der Waals surface area contributed by atoms with Gasteiger partial charge in [0.1, 0.15) is 0 Å². The first-order valence-electron chi connectivity index (χ1n) is 8.29. The third-order valence-corrected chi connectivity index (χ3v) is 4.14. The van der Waals surface area contributed by atoms with Gasteiger partial charge in [0.05, 0.1) is 0 Å². The molecule has 1 aliphatic rings. The van der Waals surface area contributed by atoms with Gasteiger partial charge in [-0.3, -0.25) is 4.79 Å². The SMILES string of the molecule is CCCCCCC1CC=CC1/C=C\CCCCC(=O)O. The number of carbonyl (C=O) groups is 1. The van der Waals surface area contributed by atoms with Crippen LogP contribution in [-0.2, 0) is 4.79 Å². The Morgan fingerprint density at radius 1 is 1.25 bits per heavy atom. The summed E-state index contributed by atoms with van der Waals surface area (Å²) in [4.78, 5) is 10.4. The van der Waals surface area contributed by atoms with Crippen molar-refractivity contribution < 1.29 is 9.90 Å². The Kier molecular flexibility index (Phi) is 9.10. The van der Waals surface area contributed by atoms with Crippen LogP contribution in [0.15, 0.2) is 24.3 Å². The van der Waals surface area contributed by atoms with E-state index in [4.69, 9.17) is 5.11 Å². The van der Waals surface area contributed by atoms with Gasteiger partial charge in [0.25, 0.3) is 0 Å². The van der Waals surface area contributed by atoms with Gasteiger partial charge in [-0.25, -0.2) is 0 Å². The lowest BCUT2D eigenvalue weighted by atomic mass is 9.89. The van der Waals surface area contributed by atoms with Crippen molar-refractivity contribution in [2.75, 3.05) is 0 Å². The molecule has 114 valence electrons. The number of aliphatic carboxylic acids is 1. The van der Waals surface area contributed by atoms with Crippen LogP contribution in [0.3, 0.4) is 0 Å². The van der Waals surface area contributed by atoms with E-state index in [-0.39, 0.29) is 0 Å². The van der Waals surface area contributed by atoms with Crippen LogP contribution < -0.4 is 0 Å². The molecule has 0 amide bonds. The minimum absolute atomic E-state index is 0.303. The Balaban J connectivity index is 2.13. The minimum atomic E-state index is -0.681. The summed E-state index contributed by atoms with van der Waals surface area (Å²) in [5.74, 6) is 0.748. The van der Waals surface area contributed by atoms with Crippen LogP contribution in [0.4, 0.5) is 0 Å². The van der Waals surface area contributed by atoms with Gasteiger partial charge in [-0.2, -0.15) is 0 Å². The number of rotatable bonds is 11. The molecule has 0 aromatic rings. The van der Waals surface area contributed by atoms with Gasteiger partial charge < -0.3 is 5.11 Å². The normalized spacial score (nSPS) is 21.9. The monoisotopic (exact) mass is 278 g/mol. The van der Waals surface area contributed by atoms with Crippen molar-refractivity contribution in [1.82, 2.24) is 0 Å². The molecule has 0 fully saturated rings. The number of unbranched alkanes of at least 4 members (excludes halogenated alkanes) is 5. The Labute approximate surface area is 124 Å². The van der Waals surface area contributed by atoms with Crippen molar-refractivity contribution in [1.29, 1.82) is 0 Å². The molecule has 0 aromatic heterocycles. The summed E-state index contributed by atoms with van der Waals surface area (Å²) in [6.45, 7) is 2.26. The number of hydrogen-bond acceptors (Lipinski definition) is 1. The Hall–Kier alpha value is -1.05. The number of hydrogen-bond donors (Lipinski definition) is 1. The van der Waals surface area contributed by atoms with E-state index in [0.29, 0.717) is 12.3 Å². The van der Waals surface area contributed by atoms with Crippen molar-refractivity contribution in [3.8, 4) is 0 Å². The Bertz CT molecular complexity index is 317. The van der Waals surface area contributed by atoms with Crippen molar-refractivity contribution in [3.05, 3.63) is 24.3 Å². The quantitative estimate of drug-likeness (QED) is 0.408. The summed E-state index contributed by atoms with van der Waals surface area (Å²) < 4.78 is 0. The maximum absolute atomic E-state index is 10.4. The predicted molar refractivity (Wildman–Crippen MR) is 84.7 cm³/mol. The van der Waals surface area contributed by atoms with Crippen LogP contribution in [0.25, 0.3) is 0 Å². The molecule has 2 atom stereocenters. The van der Waals surface area contributed by atoms with Crippen LogP contribution in [0.1, 0.15) is 71.1 Å². The molecule has 0 saturated carbocycles. The molecule has 0 heterocycles. The summed E-state index contributed by atoms with van der Waals surface area (Å²) in [5, 5.41) is 8.57. The number of allylic oxidation sites excluding steroid dienone is 4. The third-order valence-electron chi connectivity index (χ3n) is 4.14. The van der Waals surface area contributed by atoms with Crippen LogP contribution in [-0.4, -0.2) is 11.1 Å². The fourth-order valence-electron chi connectivity index (χ4n) is 2.88. The van der Waals surface area contributed by atoms with E-state index in [0.717, 1.165) is 25.2 Å². The van der Waals surface area contributed by atoms with E-state index in [9.17, 15) is 4.79 Å². The molecular formula is C18H30O2. The summed E-state index contributed by atoms with van der Waals surface area (Å²) >= 11 is 0. The van der Waals surface area contributed by atoms with E-state index in [1.807, 2.05) is 0 Å². The second-order valence-corrected chi connectivity index (χ2v) is 5.92. The standard InChI is InChI=1S/C18H30O2/c1-2-3-4-7-11-16-13-10-14-17(16)12-8-5-6-9-15-18(19)20/h8,10,12,14,16-17H,2-7,9,11,13,15H2,1H3,(H,19,20)/b12-8-.